The number of aliphatic hydroxyl groups excluding tert-OH is 1. The van der Waals surface area contributed by atoms with Gasteiger partial charge >= 0.3 is 0 Å². The van der Waals surface area contributed by atoms with Gasteiger partial charge in [-0.2, -0.15) is 5.10 Å². The number of anilines is 1. The summed E-state index contributed by atoms with van der Waals surface area (Å²) in [4.78, 5) is 13.0. The van der Waals surface area contributed by atoms with Gasteiger partial charge < -0.3 is 19.9 Å². The van der Waals surface area contributed by atoms with E-state index in [9.17, 15) is 18.3 Å². The van der Waals surface area contributed by atoms with Crippen LogP contribution in [0, 0.1) is 0 Å². The molecule has 0 fully saturated rings. The third kappa shape index (κ3) is 4.46. The quantitative estimate of drug-likeness (QED) is 0.584. The van der Waals surface area contributed by atoms with Gasteiger partial charge in [0.15, 0.2) is 15.7 Å². The van der Waals surface area contributed by atoms with Gasteiger partial charge in [0.2, 0.25) is 0 Å². The summed E-state index contributed by atoms with van der Waals surface area (Å²) in [6, 6.07) is 10.9. The lowest BCUT2D eigenvalue weighted by molar-refractivity contribution is 0.0445. The maximum Gasteiger partial charge on any atom is 0.257 e. The highest BCUT2D eigenvalue weighted by atomic mass is 32.2. The Balaban J connectivity index is 1.68. The first-order valence-electron chi connectivity index (χ1n) is 9.82. The number of carbonyl (C=O) groups is 1. The molecule has 2 aromatic carbocycles. The second-order valence-electron chi connectivity index (χ2n) is 8.01. The van der Waals surface area contributed by atoms with E-state index in [1.807, 2.05) is 0 Å². The van der Waals surface area contributed by atoms with Crippen LogP contribution in [-0.2, 0) is 23.3 Å². The zero-order valence-corrected chi connectivity index (χ0v) is 18.6. The molecule has 4 rings (SSSR count). The van der Waals surface area contributed by atoms with E-state index in [1.54, 1.807) is 55.2 Å². The van der Waals surface area contributed by atoms with Crippen LogP contribution >= 0.6 is 0 Å². The first-order valence-corrected chi connectivity index (χ1v) is 11.7. The van der Waals surface area contributed by atoms with Crippen LogP contribution in [-0.4, -0.2) is 47.7 Å². The average Bonchev–Trinajstić information content (AvgIpc) is 3.30. The number of nitrogens with one attached hydrogen (secondary N) is 1. The summed E-state index contributed by atoms with van der Waals surface area (Å²) in [5.41, 5.74) is 0.166. The molecule has 0 radical (unpaired) electrons. The summed E-state index contributed by atoms with van der Waals surface area (Å²) in [5.74, 6) is 1.23. The van der Waals surface area contributed by atoms with E-state index in [-0.39, 0.29) is 11.5 Å². The Morgan fingerprint density at radius 3 is 2.59 bits per heavy atom. The van der Waals surface area contributed by atoms with Gasteiger partial charge in [-0.1, -0.05) is 0 Å². The number of carbonyl (C=O) groups excluding carboxylic acids is 1. The molecule has 10 heteroatoms. The second kappa shape index (κ2) is 7.95. The number of fused-ring (bicyclic) bond motifs is 1. The number of hydrogen-bond donors (Lipinski definition) is 2. The summed E-state index contributed by atoms with van der Waals surface area (Å²) in [6.07, 6.45) is 3.23. The van der Waals surface area contributed by atoms with Crippen LogP contribution in [0.5, 0.6) is 17.2 Å². The van der Waals surface area contributed by atoms with Gasteiger partial charge in [-0.25, -0.2) is 8.42 Å². The van der Waals surface area contributed by atoms with Crippen molar-refractivity contribution >= 4 is 21.6 Å². The van der Waals surface area contributed by atoms with Crippen LogP contribution in [0.25, 0.3) is 0 Å². The molecular weight excluding hydrogens is 434 g/mol. The minimum Gasteiger partial charge on any atom is -0.484 e. The lowest BCUT2D eigenvalue weighted by Crippen LogP contribution is -2.34. The van der Waals surface area contributed by atoms with E-state index in [0.717, 1.165) is 6.26 Å². The molecule has 0 aliphatic carbocycles. The Morgan fingerprint density at radius 1 is 1.28 bits per heavy atom. The first kappa shape index (κ1) is 21.8. The van der Waals surface area contributed by atoms with Crippen molar-refractivity contribution < 1.29 is 27.8 Å². The summed E-state index contributed by atoms with van der Waals surface area (Å²) < 4.78 is 36.9. The van der Waals surface area contributed by atoms with Crippen LogP contribution < -0.4 is 14.8 Å². The van der Waals surface area contributed by atoms with Crippen molar-refractivity contribution in [3.8, 4) is 17.2 Å². The fourth-order valence-corrected chi connectivity index (χ4v) is 4.05. The van der Waals surface area contributed by atoms with E-state index in [1.165, 1.54) is 12.1 Å². The number of ether oxygens (including phenoxy) is 2. The monoisotopic (exact) mass is 457 g/mol. The Hall–Kier alpha value is -3.37. The Bertz CT molecular complexity index is 1280. The first-order chi connectivity index (χ1) is 15.1. The van der Waals surface area contributed by atoms with Gasteiger partial charge in [-0.15, -0.1) is 0 Å². The van der Waals surface area contributed by atoms with Crippen molar-refractivity contribution in [2.75, 3.05) is 18.2 Å². The normalized spacial score (nSPS) is 17.5. The molecule has 32 heavy (non-hydrogen) atoms. The topological polar surface area (TPSA) is 120 Å². The predicted molar refractivity (Wildman–Crippen MR) is 117 cm³/mol. The molecule has 1 aromatic heterocycles. The molecule has 0 spiro atoms. The van der Waals surface area contributed by atoms with Crippen molar-refractivity contribution in [3.05, 3.63) is 59.8 Å². The van der Waals surface area contributed by atoms with Gasteiger partial charge in [-0.3, -0.25) is 9.48 Å². The standard InChI is InChI=1S/C22H23N3O6S/c1-22(13-26)12-17-18(30-15-4-6-16(7-5-15)32(3,28)29)10-14(11-19(17)31-22)21(27)23-20-8-9-25(2)24-20/h4-11,26H,12-13H2,1-3H3,(H,23,24,27). The summed E-state index contributed by atoms with van der Waals surface area (Å²) >= 11 is 0. The maximum atomic E-state index is 12.8. The third-order valence-corrected chi connectivity index (χ3v) is 6.24. The maximum absolute atomic E-state index is 12.8. The molecule has 2 heterocycles. The zero-order chi connectivity index (χ0) is 23.1. The Kier molecular flexibility index (Phi) is 5.43. The van der Waals surface area contributed by atoms with E-state index in [2.05, 4.69) is 10.4 Å². The fraction of sp³-hybridized carbons (Fsp3) is 0.273. The molecule has 1 atom stereocenters. The van der Waals surface area contributed by atoms with E-state index in [0.29, 0.717) is 40.6 Å². The number of aryl methyl sites for hydroxylation is 1. The number of aromatic nitrogens is 2. The molecule has 168 valence electrons. The van der Waals surface area contributed by atoms with Gasteiger partial charge in [0, 0.05) is 43.1 Å². The minimum absolute atomic E-state index is 0.176. The number of amides is 1. The van der Waals surface area contributed by atoms with Gasteiger partial charge in [0.05, 0.1) is 11.5 Å². The molecule has 1 aliphatic rings. The Labute approximate surface area is 185 Å². The number of sulfone groups is 1. The summed E-state index contributed by atoms with van der Waals surface area (Å²) in [7, 11) is -1.59. The molecule has 9 nitrogen and oxygen atoms in total. The van der Waals surface area contributed by atoms with Crippen molar-refractivity contribution in [2.45, 2.75) is 23.8 Å². The van der Waals surface area contributed by atoms with Crippen LogP contribution in [0.4, 0.5) is 5.82 Å². The highest BCUT2D eigenvalue weighted by Gasteiger charge is 2.37. The fourth-order valence-electron chi connectivity index (χ4n) is 3.42. The van der Waals surface area contributed by atoms with Crippen molar-refractivity contribution in [1.29, 1.82) is 0 Å². The summed E-state index contributed by atoms with van der Waals surface area (Å²) in [6.45, 7) is 1.56. The third-order valence-electron chi connectivity index (χ3n) is 5.11. The van der Waals surface area contributed by atoms with Crippen LogP contribution in [0.15, 0.2) is 53.6 Å². The zero-order valence-electron chi connectivity index (χ0n) is 17.8. The van der Waals surface area contributed by atoms with Crippen LogP contribution in [0.3, 0.4) is 0 Å². The SMILES string of the molecule is Cn1ccc(NC(=O)c2cc(Oc3ccc(S(C)(=O)=O)cc3)c3c(c2)OC(C)(CO)C3)n1. The highest BCUT2D eigenvalue weighted by Crippen LogP contribution is 2.43. The van der Waals surface area contributed by atoms with E-state index < -0.39 is 21.3 Å². The molecular formula is C22H23N3O6S. The molecule has 1 aliphatic heterocycles. The molecule has 0 saturated heterocycles. The van der Waals surface area contributed by atoms with Gasteiger partial charge in [0.25, 0.3) is 5.91 Å². The van der Waals surface area contributed by atoms with Crippen molar-refractivity contribution in [2.24, 2.45) is 7.05 Å². The average molecular weight is 458 g/mol. The number of rotatable bonds is 6. The van der Waals surface area contributed by atoms with Crippen LogP contribution in [0.1, 0.15) is 22.8 Å². The summed E-state index contributed by atoms with van der Waals surface area (Å²) in [5, 5.41) is 16.6. The minimum atomic E-state index is -3.33. The van der Waals surface area contributed by atoms with Crippen LogP contribution in [0.2, 0.25) is 0 Å². The molecule has 1 amide bonds. The largest absolute Gasteiger partial charge is 0.484 e. The molecule has 1 unspecified atom stereocenters. The van der Waals surface area contributed by atoms with E-state index in [4.69, 9.17) is 9.47 Å². The number of benzene rings is 2. The number of hydrogen-bond acceptors (Lipinski definition) is 7. The number of nitrogens with zero attached hydrogens (tertiary/aromatic N) is 2. The Morgan fingerprint density at radius 2 is 2.00 bits per heavy atom. The molecule has 0 bridgehead atoms. The number of aliphatic hydroxyl groups is 1. The molecule has 3 aromatic rings. The van der Waals surface area contributed by atoms with Gasteiger partial charge in [0.1, 0.15) is 22.8 Å². The molecule has 2 N–H and O–H groups in total. The lowest BCUT2D eigenvalue weighted by atomic mass is 9.98. The highest BCUT2D eigenvalue weighted by molar-refractivity contribution is 7.90. The van der Waals surface area contributed by atoms with Crippen molar-refractivity contribution in [1.82, 2.24) is 9.78 Å². The van der Waals surface area contributed by atoms with Gasteiger partial charge in [-0.05, 0) is 43.3 Å². The molecule has 0 saturated carbocycles. The smallest absolute Gasteiger partial charge is 0.257 e. The predicted octanol–water partition coefficient (Wildman–Crippen LogP) is 2.55. The lowest BCUT2D eigenvalue weighted by Gasteiger charge is -2.20. The van der Waals surface area contributed by atoms with Crippen molar-refractivity contribution in [3.63, 3.8) is 0 Å². The second-order valence-corrected chi connectivity index (χ2v) is 10.0. The van der Waals surface area contributed by atoms with E-state index >= 15 is 0 Å².